The largest absolute Gasteiger partial charge is 0.363 e. The van der Waals surface area contributed by atoms with Crippen LogP contribution in [0.25, 0.3) is 0 Å². The van der Waals surface area contributed by atoms with Crippen molar-refractivity contribution in [1.29, 1.82) is 0 Å². The van der Waals surface area contributed by atoms with E-state index in [-0.39, 0.29) is 11.9 Å². The summed E-state index contributed by atoms with van der Waals surface area (Å²) in [4.78, 5) is 21.0. The van der Waals surface area contributed by atoms with Crippen LogP contribution in [0.4, 0.5) is 5.82 Å². The number of benzene rings is 1. The lowest BCUT2D eigenvalue weighted by Gasteiger charge is -2.23. The van der Waals surface area contributed by atoms with Crippen LogP contribution in [0.5, 0.6) is 0 Å². The fraction of sp³-hybridized carbons (Fsp3) is 0.450. The summed E-state index contributed by atoms with van der Waals surface area (Å²) in [5.74, 6) is 1.31. The number of aryl methyl sites for hydroxylation is 3. The molecule has 2 heterocycles. The van der Waals surface area contributed by atoms with Gasteiger partial charge in [0.05, 0.1) is 0 Å². The van der Waals surface area contributed by atoms with E-state index in [0.717, 1.165) is 17.8 Å². The molecule has 25 heavy (non-hydrogen) atoms. The predicted molar refractivity (Wildman–Crippen MR) is 97.9 cm³/mol. The number of nitrogens with zero attached hydrogens (tertiary/aromatic N) is 2. The first-order valence-electron chi connectivity index (χ1n) is 9.16. The molecular formula is C20H24N4O. The van der Waals surface area contributed by atoms with Gasteiger partial charge in [0.25, 0.3) is 5.91 Å². The summed E-state index contributed by atoms with van der Waals surface area (Å²) in [6.07, 6.45) is 5.73. The van der Waals surface area contributed by atoms with E-state index < -0.39 is 0 Å². The van der Waals surface area contributed by atoms with Crippen LogP contribution < -0.4 is 10.6 Å². The highest BCUT2D eigenvalue weighted by Gasteiger charge is 2.24. The molecule has 1 amide bonds. The van der Waals surface area contributed by atoms with E-state index in [1.807, 2.05) is 6.92 Å². The van der Waals surface area contributed by atoms with Crippen molar-refractivity contribution in [2.45, 2.75) is 52.0 Å². The molecule has 0 saturated heterocycles. The number of fused-ring (bicyclic) bond motifs is 2. The van der Waals surface area contributed by atoms with Gasteiger partial charge in [0.1, 0.15) is 17.3 Å². The second-order valence-electron chi connectivity index (χ2n) is 7.05. The van der Waals surface area contributed by atoms with Crippen molar-refractivity contribution in [3.8, 4) is 0 Å². The quantitative estimate of drug-likeness (QED) is 0.904. The Morgan fingerprint density at radius 2 is 1.92 bits per heavy atom. The third-order valence-electron chi connectivity index (χ3n) is 5.22. The standard InChI is InChI=1S/C20H24N4O/c1-12(15-8-7-14-5-3-4-6-16(14)11-15)22-19-17-9-10-21-20(25)18(17)23-13(2)24-19/h7-8,11-12H,3-6,9-10H2,1-2H3,(H,21,25)(H,22,23,24). The third-order valence-corrected chi connectivity index (χ3v) is 5.22. The lowest BCUT2D eigenvalue weighted by atomic mass is 9.89. The minimum Gasteiger partial charge on any atom is -0.363 e. The Hall–Kier alpha value is -2.43. The Morgan fingerprint density at radius 1 is 1.12 bits per heavy atom. The molecule has 1 atom stereocenters. The summed E-state index contributed by atoms with van der Waals surface area (Å²) < 4.78 is 0. The number of rotatable bonds is 3. The lowest BCUT2D eigenvalue weighted by Crippen LogP contribution is -2.34. The average molecular weight is 336 g/mol. The summed E-state index contributed by atoms with van der Waals surface area (Å²) in [6, 6.07) is 6.96. The van der Waals surface area contributed by atoms with Crippen molar-refractivity contribution in [2.75, 3.05) is 11.9 Å². The van der Waals surface area contributed by atoms with Gasteiger partial charge in [-0.15, -0.1) is 0 Å². The Balaban J connectivity index is 1.63. The number of hydrogen-bond acceptors (Lipinski definition) is 4. The van der Waals surface area contributed by atoms with E-state index in [1.54, 1.807) is 0 Å². The van der Waals surface area contributed by atoms with Crippen LogP contribution in [0.3, 0.4) is 0 Å². The van der Waals surface area contributed by atoms with E-state index in [9.17, 15) is 4.79 Å². The second-order valence-corrected chi connectivity index (χ2v) is 7.05. The summed E-state index contributed by atoms with van der Waals surface area (Å²) >= 11 is 0. The maximum Gasteiger partial charge on any atom is 0.270 e. The SMILES string of the molecule is Cc1nc(NC(C)c2ccc3c(c2)CCCC3)c2c(n1)C(=O)NCC2. The van der Waals surface area contributed by atoms with E-state index in [0.29, 0.717) is 18.1 Å². The first kappa shape index (κ1) is 16.1. The smallest absolute Gasteiger partial charge is 0.270 e. The van der Waals surface area contributed by atoms with E-state index in [2.05, 4.69) is 45.7 Å². The van der Waals surface area contributed by atoms with E-state index in [1.165, 1.54) is 42.4 Å². The summed E-state index contributed by atoms with van der Waals surface area (Å²) in [5, 5.41) is 6.38. The van der Waals surface area contributed by atoms with Crippen molar-refractivity contribution in [3.05, 3.63) is 52.0 Å². The average Bonchev–Trinajstić information content (AvgIpc) is 2.62. The summed E-state index contributed by atoms with van der Waals surface area (Å²) in [7, 11) is 0. The van der Waals surface area contributed by atoms with E-state index >= 15 is 0 Å². The molecule has 0 bridgehead atoms. The van der Waals surface area contributed by atoms with Crippen LogP contribution in [0.15, 0.2) is 18.2 Å². The Kier molecular flexibility index (Phi) is 4.15. The van der Waals surface area contributed by atoms with Crippen LogP contribution in [0, 0.1) is 6.92 Å². The van der Waals surface area contributed by atoms with Crippen molar-refractivity contribution >= 4 is 11.7 Å². The first-order chi connectivity index (χ1) is 12.1. The van der Waals surface area contributed by atoms with Gasteiger partial charge in [-0.25, -0.2) is 9.97 Å². The molecule has 0 fully saturated rings. The van der Waals surface area contributed by atoms with Gasteiger partial charge in [-0.3, -0.25) is 4.79 Å². The third kappa shape index (κ3) is 3.11. The number of anilines is 1. The molecule has 1 aliphatic carbocycles. The van der Waals surface area contributed by atoms with Gasteiger partial charge in [0.2, 0.25) is 0 Å². The highest BCUT2D eigenvalue weighted by atomic mass is 16.1. The Labute approximate surface area is 148 Å². The molecule has 0 radical (unpaired) electrons. The lowest BCUT2D eigenvalue weighted by molar-refractivity contribution is 0.0940. The van der Waals surface area contributed by atoms with Gasteiger partial charge in [-0.05, 0) is 62.6 Å². The molecule has 0 spiro atoms. The molecule has 1 aliphatic heterocycles. The van der Waals surface area contributed by atoms with Crippen LogP contribution in [-0.4, -0.2) is 22.4 Å². The van der Waals surface area contributed by atoms with Crippen LogP contribution in [-0.2, 0) is 19.3 Å². The van der Waals surface area contributed by atoms with Crippen LogP contribution in [0.2, 0.25) is 0 Å². The normalized spacial score (nSPS) is 17.3. The van der Waals surface area contributed by atoms with E-state index in [4.69, 9.17) is 0 Å². The zero-order valence-electron chi connectivity index (χ0n) is 14.9. The second kappa shape index (κ2) is 6.47. The summed E-state index contributed by atoms with van der Waals surface area (Å²) in [5.41, 5.74) is 5.69. The fourth-order valence-electron chi connectivity index (χ4n) is 3.84. The highest BCUT2D eigenvalue weighted by molar-refractivity contribution is 5.96. The minimum absolute atomic E-state index is 0.101. The number of aromatic nitrogens is 2. The van der Waals surface area contributed by atoms with Gasteiger partial charge in [0.15, 0.2) is 0 Å². The van der Waals surface area contributed by atoms with Crippen molar-refractivity contribution in [3.63, 3.8) is 0 Å². The molecule has 2 aromatic rings. The predicted octanol–water partition coefficient (Wildman–Crippen LogP) is 3.12. The van der Waals surface area contributed by atoms with Crippen LogP contribution in [0.1, 0.15) is 64.4 Å². The Bertz CT molecular complexity index is 831. The number of nitrogens with one attached hydrogen (secondary N) is 2. The van der Waals surface area contributed by atoms with Crippen molar-refractivity contribution in [1.82, 2.24) is 15.3 Å². The van der Waals surface area contributed by atoms with Gasteiger partial charge in [0, 0.05) is 18.2 Å². The molecule has 1 unspecified atom stereocenters. The monoisotopic (exact) mass is 336 g/mol. The molecule has 1 aromatic heterocycles. The molecule has 1 aromatic carbocycles. The number of amides is 1. The van der Waals surface area contributed by atoms with Gasteiger partial charge in [-0.2, -0.15) is 0 Å². The van der Waals surface area contributed by atoms with Gasteiger partial charge < -0.3 is 10.6 Å². The molecule has 4 rings (SSSR count). The number of carbonyl (C=O) groups is 1. The zero-order chi connectivity index (χ0) is 17.4. The minimum atomic E-state index is -0.101. The molecule has 5 heteroatoms. The Morgan fingerprint density at radius 3 is 2.76 bits per heavy atom. The molecule has 2 N–H and O–H groups in total. The highest BCUT2D eigenvalue weighted by Crippen LogP contribution is 2.28. The zero-order valence-corrected chi connectivity index (χ0v) is 14.9. The molecule has 0 saturated carbocycles. The molecule has 130 valence electrons. The molecular weight excluding hydrogens is 312 g/mol. The maximum atomic E-state index is 12.1. The molecule has 2 aliphatic rings. The van der Waals surface area contributed by atoms with Gasteiger partial charge >= 0.3 is 0 Å². The van der Waals surface area contributed by atoms with Crippen molar-refractivity contribution < 1.29 is 4.79 Å². The van der Waals surface area contributed by atoms with Gasteiger partial charge in [-0.1, -0.05) is 18.2 Å². The van der Waals surface area contributed by atoms with Crippen LogP contribution >= 0.6 is 0 Å². The van der Waals surface area contributed by atoms with Crippen molar-refractivity contribution in [2.24, 2.45) is 0 Å². The fourth-order valence-corrected chi connectivity index (χ4v) is 3.84. The first-order valence-corrected chi connectivity index (χ1v) is 9.16. The maximum absolute atomic E-state index is 12.1. The molecule has 5 nitrogen and oxygen atoms in total. The topological polar surface area (TPSA) is 66.9 Å². The summed E-state index contributed by atoms with van der Waals surface area (Å²) in [6.45, 7) is 4.62. The number of hydrogen-bond donors (Lipinski definition) is 2. The number of carbonyl (C=O) groups excluding carboxylic acids is 1.